The standard InChI is InChI=1S/C27H29N3O5S/c1-27(2,16-35-23(31)15-29-24(32)17-9-3-4-10-18(17)25(29)33)28-26(34)30-19-11-5-7-13-21(19)36-22-14-8-6-12-20(22)30/h5-8,11-14,17-18H,3-4,9-10,15-16H2,1-2H3,(H,28,34)/t17-,18+. The van der Waals surface area contributed by atoms with Crippen LogP contribution in [0.3, 0.4) is 0 Å². The second-order valence-electron chi connectivity index (χ2n) is 10.1. The van der Waals surface area contributed by atoms with E-state index in [4.69, 9.17) is 4.74 Å². The predicted molar refractivity (Wildman–Crippen MR) is 135 cm³/mol. The molecule has 188 valence electrons. The molecule has 2 aromatic carbocycles. The topological polar surface area (TPSA) is 96.0 Å². The number of anilines is 2. The number of nitrogens with one attached hydrogen (secondary N) is 1. The first kappa shape index (κ1) is 24.4. The summed E-state index contributed by atoms with van der Waals surface area (Å²) in [5, 5.41) is 2.97. The lowest BCUT2D eigenvalue weighted by Gasteiger charge is -2.34. The fourth-order valence-electron chi connectivity index (χ4n) is 5.13. The van der Waals surface area contributed by atoms with Gasteiger partial charge in [-0.2, -0.15) is 0 Å². The molecule has 36 heavy (non-hydrogen) atoms. The van der Waals surface area contributed by atoms with Crippen LogP contribution in [0.4, 0.5) is 16.2 Å². The number of hydrogen-bond donors (Lipinski definition) is 1. The summed E-state index contributed by atoms with van der Waals surface area (Å²) in [6.07, 6.45) is 3.25. The van der Waals surface area contributed by atoms with Gasteiger partial charge in [0.25, 0.3) is 0 Å². The highest BCUT2D eigenvalue weighted by Crippen LogP contribution is 2.48. The molecule has 1 N–H and O–H groups in total. The zero-order chi connectivity index (χ0) is 25.4. The number of carbonyl (C=O) groups excluding carboxylic acids is 4. The second kappa shape index (κ2) is 9.61. The zero-order valence-corrected chi connectivity index (χ0v) is 21.2. The number of ether oxygens (including phenoxy) is 1. The summed E-state index contributed by atoms with van der Waals surface area (Å²) in [5.41, 5.74) is 0.659. The molecule has 1 saturated carbocycles. The molecule has 2 aliphatic heterocycles. The van der Waals surface area contributed by atoms with E-state index >= 15 is 0 Å². The molecule has 3 aliphatic rings. The fourth-order valence-corrected chi connectivity index (χ4v) is 6.19. The summed E-state index contributed by atoms with van der Waals surface area (Å²) in [5.74, 6) is -1.81. The summed E-state index contributed by atoms with van der Waals surface area (Å²) in [4.78, 5) is 55.9. The minimum absolute atomic E-state index is 0.105. The second-order valence-corrected chi connectivity index (χ2v) is 11.2. The Morgan fingerprint density at radius 1 is 0.944 bits per heavy atom. The van der Waals surface area contributed by atoms with Crippen LogP contribution < -0.4 is 10.2 Å². The van der Waals surface area contributed by atoms with Crippen LogP contribution >= 0.6 is 11.8 Å². The first-order valence-corrected chi connectivity index (χ1v) is 13.1. The van der Waals surface area contributed by atoms with E-state index in [9.17, 15) is 19.2 Å². The van der Waals surface area contributed by atoms with Crippen LogP contribution in [0.25, 0.3) is 0 Å². The SMILES string of the molecule is CC(C)(COC(=O)CN1C(=O)[C@H]2CCCC[C@H]2C1=O)NC(=O)N1c2ccccc2Sc2ccccc21. The normalized spacial score (nSPS) is 20.9. The molecule has 2 aromatic rings. The molecule has 8 nitrogen and oxygen atoms in total. The summed E-state index contributed by atoms with van der Waals surface area (Å²) in [6.45, 7) is 3.02. The Morgan fingerprint density at radius 2 is 1.47 bits per heavy atom. The van der Waals surface area contributed by atoms with Gasteiger partial charge in [-0.1, -0.05) is 48.9 Å². The summed E-state index contributed by atoms with van der Waals surface area (Å²) < 4.78 is 5.42. The number of imide groups is 1. The number of amides is 4. The highest BCUT2D eigenvalue weighted by molar-refractivity contribution is 7.99. The Labute approximate surface area is 214 Å². The molecule has 1 aliphatic carbocycles. The number of esters is 1. The van der Waals surface area contributed by atoms with Gasteiger partial charge in [0, 0.05) is 9.79 Å². The molecular weight excluding hydrogens is 478 g/mol. The molecule has 2 fully saturated rings. The lowest BCUT2D eigenvalue weighted by Crippen LogP contribution is -2.52. The Morgan fingerprint density at radius 3 is 2.03 bits per heavy atom. The van der Waals surface area contributed by atoms with E-state index in [2.05, 4.69) is 5.32 Å². The lowest BCUT2D eigenvalue weighted by molar-refractivity contribution is -0.154. The van der Waals surface area contributed by atoms with Crippen molar-refractivity contribution in [1.82, 2.24) is 10.2 Å². The summed E-state index contributed by atoms with van der Waals surface area (Å²) in [6, 6.07) is 15.0. The van der Waals surface area contributed by atoms with Crippen molar-refractivity contribution in [2.75, 3.05) is 18.1 Å². The van der Waals surface area contributed by atoms with Gasteiger partial charge in [-0.25, -0.2) is 4.79 Å². The molecule has 0 radical (unpaired) electrons. The van der Waals surface area contributed by atoms with Crippen LogP contribution in [0.2, 0.25) is 0 Å². The molecular formula is C27H29N3O5S. The van der Waals surface area contributed by atoms with Crippen molar-refractivity contribution in [1.29, 1.82) is 0 Å². The number of hydrogen-bond acceptors (Lipinski definition) is 6. The van der Waals surface area contributed by atoms with Gasteiger partial charge in [0.05, 0.1) is 28.7 Å². The first-order chi connectivity index (χ1) is 17.2. The van der Waals surface area contributed by atoms with Crippen molar-refractivity contribution in [3.05, 3.63) is 48.5 Å². The zero-order valence-electron chi connectivity index (χ0n) is 20.4. The molecule has 2 heterocycles. The molecule has 0 aromatic heterocycles. The number of para-hydroxylation sites is 2. The molecule has 2 atom stereocenters. The van der Waals surface area contributed by atoms with Crippen LogP contribution in [0.15, 0.2) is 58.3 Å². The largest absolute Gasteiger partial charge is 0.462 e. The Balaban J connectivity index is 1.23. The highest BCUT2D eigenvalue weighted by Gasteiger charge is 2.48. The van der Waals surface area contributed by atoms with Gasteiger partial charge in [-0.15, -0.1) is 0 Å². The number of fused-ring (bicyclic) bond motifs is 3. The number of urea groups is 1. The van der Waals surface area contributed by atoms with Crippen LogP contribution in [0, 0.1) is 11.8 Å². The Hall–Kier alpha value is -3.33. The number of rotatable bonds is 5. The maximum Gasteiger partial charge on any atom is 0.327 e. The minimum atomic E-state index is -0.895. The molecule has 0 bridgehead atoms. The molecule has 1 saturated heterocycles. The van der Waals surface area contributed by atoms with E-state index in [-0.39, 0.29) is 36.3 Å². The van der Waals surface area contributed by atoms with E-state index in [1.54, 1.807) is 30.5 Å². The van der Waals surface area contributed by atoms with Crippen molar-refractivity contribution in [2.45, 2.75) is 54.9 Å². The average molecular weight is 508 g/mol. The average Bonchev–Trinajstić information content (AvgIpc) is 3.10. The maximum atomic E-state index is 13.5. The number of carbonyl (C=O) groups is 4. The smallest absolute Gasteiger partial charge is 0.327 e. The quantitative estimate of drug-likeness (QED) is 0.473. The van der Waals surface area contributed by atoms with Gasteiger partial charge in [0.1, 0.15) is 13.2 Å². The lowest BCUT2D eigenvalue weighted by atomic mass is 9.81. The van der Waals surface area contributed by atoms with Crippen molar-refractivity contribution in [3.63, 3.8) is 0 Å². The minimum Gasteiger partial charge on any atom is -0.462 e. The third-order valence-corrected chi connectivity index (χ3v) is 8.02. The van der Waals surface area contributed by atoms with Gasteiger partial charge in [-0.3, -0.25) is 24.2 Å². The Kier molecular flexibility index (Phi) is 6.51. The van der Waals surface area contributed by atoms with Crippen molar-refractivity contribution in [2.24, 2.45) is 11.8 Å². The molecule has 5 rings (SSSR count). The van der Waals surface area contributed by atoms with Gasteiger partial charge in [-0.05, 0) is 51.0 Å². The van der Waals surface area contributed by atoms with Gasteiger partial charge in [0.2, 0.25) is 11.8 Å². The first-order valence-electron chi connectivity index (χ1n) is 12.2. The van der Waals surface area contributed by atoms with E-state index < -0.39 is 18.1 Å². The number of likely N-dealkylation sites (tertiary alicyclic amines) is 1. The van der Waals surface area contributed by atoms with Crippen molar-refractivity contribution < 1.29 is 23.9 Å². The number of benzene rings is 2. The van der Waals surface area contributed by atoms with Gasteiger partial charge >= 0.3 is 12.0 Å². The Bertz CT molecular complexity index is 1160. The van der Waals surface area contributed by atoms with Crippen molar-refractivity contribution >= 4 is 47.0 Å². The van der Waals surface area contributed by atoms with E-state index in [0.717, 1.165) is 38.9 Å². The highest BCUT2D eigenvalue weighted by atomic mass is 32.2. The van der Waals surface area contributed by atoms with Crippen molar-refractivity contribution in [3.8, 4) is 0 Å². The molecule has 0 spiro atoms. The number of nitrogens with zero attached hydrogens (tertiary/aromatic N) is 2. The molecule has 4 amide bonds. The third kappa shape index (κ3) is 4.59. The summed E-state index contributed by atoms with van der Waals surface area (Å²) in [7, 11) is 0. The monoisotopic (exact) mass is 507 g/mol. The molecule has 9 heteroatoms. The van der Waals surface area contributed by atoms with Gasteiger partial charge in [0.15, 0.2) is 0 Å². The van der Waals surface area contributed by atoms with E-state index in [0.29, 0.717) is 12.8 Å². The summed E-state index contributed by atoms with van der Waals surface area (Å²) >= 11 is 1.61. The van der Waals surface area contributed by atoms with E-state index in [1.807, 2.05) is 48.5 Å². The van der Waals surface area contributed by atoms with Gasteiger partial charge < -0.3 is 10.1 Å². The maximum absolute atomic E-state index is 13.5. The third-order valence-electron chi connectivity index (χ3n) is 6.89. The van der Waals surface area contributed by atoms with Crippen LogP contribution in [0.1, 0.15) is 39.5 Å². The predicted octanol–water partition coefficient (Wildman–Crippen LogP) is 4.50. The van der Waals surface area contributed by atoms with Crippen LogP contribution in [-0.4, -0.2) is 47.4 Å². The molecule has 0 unspecified atom stereocenters. The fraction of sp³-hybridized carbons (Fsp3) is 0.407. The van der Waals surface area contributed by atoms with E-state index in [1.165, 1.54) is 0 Å². The van der Waals surface area contributed by atoms with Crippen LogP contribution in [0.5, 0.6) is 0 Å². The van der Waals surface area contributed by atoms with Crippen LogP contribution in [-0.2, 0) is 19.1 Å².